The van der Waals surface area contributed by atoms with E-state index in [0.29, 0.717) is 18.9 Å². The fourth-order valence-corrected chi connectivity index (χ4v) is 5.10. The number of nitrogens with one attached hydrogen (secondary N) is 2. The lowest BCUT2D eigenvalue weighted by Gasteiger charge is -2.26. The van der Waals surface area contributed by atoms with E-state index >= 15 is 0 Å². The SMILES string of the molecule is O=C(NCC1CCCc2ccccc21)NC1CCS(=O)(=O)C1. The van der Waals surface area contributed by atoms with Gasteiger partial charge >= 0.3 is 6.03 Å². The predicted octanol–water partition coefficient (Wildman–Crippen LogP) is 1.59. The van der Waals surface area contributed by atoms with Gasteiger partial charge in [0.25, 0.3) is 0 Å². The molecule has 0 saturated carbocycles. The largest absolute Gasteiger partial charge is 0.338 e. The molecule has 1 heterocycles. The fraction of sp³-hybridized carbons (Fsp3) is 0.562. The first kappa shape index (κ1) is 15.3. The monoisotopic (exact) mass is 322 g/mol. The van der Waals surface area contributed by atoms with Crippen LogP contribution < -0.4 is 10.6 Å². The minimum atomic E-state index is -2.96. The van der Waals surface area contributed by atoms with Crippen molar-refractivity contribution < 1.29 is 13.2 Å². The summed E-state index contributed by atoms with van der Waals surface area (Å²) >= 11 is 0. The van der Waals surface area contributed by atoms with Crippen molar-refractivity contribution in [2.24, 2.45) is 0 Å². The zero-order chi connectivity index (χ0) is 15.6. The van der Waals surface area contributed by atoms with Gasteiger partial charge in [-0.3, -0.25) is 0 Å². The maximum Gasteiger partial charge on any atom is 0.315 e. The van der Waals surface area contributed by atoms with Crippen molar-refractivity contribution in [1.82, 2.24) is 10.6 Å². The van der Waals surface area contributed by atoms with Crippen LogP contribution in [-0.4, -0.2) is 38.5 Å². The minimum Gasteiger partial charge on any atom is -0.338 e. The zero-order valence-corrected chi connectivity index (χ0v) is 13.4. The normalized spacial score (nSPS) is 26.2. The summed E-state index contributed by atoms with van der Waals surface area (Å²) in [6, 6.07) is 7.89. The Kier molecular flexibility index (Phi) is 4.38. The van der Waals surface area contributed by atoms with Gasteiger partial charge in [-0.2, -0.15) is 0 Å². The highest BCUT2D eigenvalue weighted by Gasteiger charge is 2.29. The second-order valence-electron chi connectivity index (χ2n) is 6.24. The minimum absolute atomic E-state index is 0.0622. The van der Waals surface area contributed by atoms with E-state index in [0.717, 1.165) is 19.3 Å². The maximum atomic E-state index is 11.9. The van der Waals surface area contributed by atoms with Gasteiger partial charge in [-0.15, -0.1) is 0 Å². The van der Waals surface area contributed by atoms with Gasteiger partial charge in [0.2, 0.25) is 0 Å². The lowest BCUT2D eigenvalue weighted by atomic mass is 9.83. The molecule has 3 rings (SSSR count). The number of carbonyl (C=O) groups excluding carboxylic acids is 1. The molecule has 1 fully saturated rings. The van der Waals surface area contributed by atoms with Crippen LogP contribution in [0.15, 0.2) is 24.3 Å². The van der Waals surface area contributed by atoms with Crippen LogP contribution in [0.25, 0.3) is 0 Å². The number of urea groups is 1. The van der Waals surface area contributed by atoms with Gasteiger partial charge in [0, 0.05) is 18.5 Å². The molecule has 0 spiro atoms. The van der Waals surface area contributed by atoms with Crippen molar-refractivity contribution in [3.63, 3.8) is 0 Å². The van der Waals surface area contributed by atoms with Crippen LogP contribution in [0.3, 0.4) is 0 Å². The Balaban J connectivity index is 1.52. The summed E-state index contributed by atoms with van der Waals surface area (Å²) in [6.45, 7) is 0.600. The topological polar surface area (TPSA) is 75.3 Å². The molecule has 120 valence electrons. The number of hydrogen-bond acceptors (Lipinski definition) is 3. The second kappa shape index (κ2) is 6.28. The molecule has 2 N–H and O–H groups in total. The van der Waals surface area contributed by atoms with Crippen molar-refractivity contribution >= 4 is 15.9 Å². The van der Waals surface area contributed by atoms with Gasteiger partial charge in [-0.05, 0) is 36.8 Å². The first-order valence-corrected chi connectivity index (χ1v) is 9.68. The van der Waals surface area contributed by atoms with Crippen molar-refractivity contribution in [3.8, 4) is 0 Å². The molecule has 5 nitrogen and oxygen atoms in total. The standard InChI is InChI=1S/C16H22N2O3S/c19-16(18-14-8-9-22(20,21)11-14)17-10-13-6-3-5-12-4-1-2-7-15(12)13/h1-2,4,7,13-14H,3,5-6,8-11H2,(H2,17,18,19). The van der Waals surface area contributed by atoms with E-state index in [-0.39, 0.29) is 23.6 Å². The molecule has 6 heteroatoms. The van der Waals surface area contributed by atoms with E-state index in [1.54, 1.807) is 0 Å². The summed E-state index contributed by atoms with van der Waals surface area (Å²) < 4.78 is 22.8. The number of sulfone groups is 1. The van der Waals surface area contributed by atoms with Crippen LogP contribution in [0.1, 0.15) is 36.3 Å². The highest BCUT2D eigenvalue weighted by Crippen LogP contribution is 2.30. The Hall–Kier alpha value is -1.56. The molecule has 1 saturated heterocycles. The molecule has 2 amide bonds. The summed E-state index contributed by atoms with van der Waals surface area (Å²) in [5, 5.41) is 5.67. The van der Waals surface area contributed by atoms with Gasteiger partial charge < -0.3 is 10.6 Å². The summed E-state index contributed by atoms with van der Waals surface area (Å²) in [6.07, 6.45) is 3.85. The molecular formula is C16H22N2O3S. The van der Waals surface area contributed by atoms with Crippen LogP contribution in [-0.2, 0) is 16.3 Å². The van der Waals surface area contributed by atoms with Gasteiger partial charge in [0.1, 0.15) is 0 Å². The number of hydrogen-bond donors (Lipinski definition) is 2. The number of rotatable bonds is 3. The fourth-order valence-electron chi connectivity index (χ4n) is 3.43. The first-order valence-electron chi connectivity index (χ1n) is 7.86. The van der Waals surface area contributed by atoms with E-state index in [1.165, 1.54) is 11.1 Å². The van der Waals surface area contributed by atoms with Crippen molar-refractivity contribution in [1.29, 1.82) is 0 Å². The number of amides is 2. The second-order valence-corrected chi connectivity index (χ2v) is 8.47. The highest BCUT2D eigenvalue weighted by molar-refractivity contribution is 7.91. The summed E-state index contributed by atoms with van der Waals surface area (Å²) in [5.74, 6) is 0.587. The number of carbonyl (C=O) groups is 1. The zero-order valence-electron chi connectivity index (χ0n) is 12.5. The average Bonchev–Trinajstić information content (AvgIpc) is 2.84. The summed E-state index contributed by atoms with van der Waals surface area (Å²) in [7, 11) is -2.96. The van der Waals surface area contributed by atoms with Crippen LogP contribution in [0.4, 0.5) is 4.79 Å². The van der Waals surface area contributed by atoms with E-state index in [1.807, 2.05) is 6.07 Å². The Morgan fingerprint density at radius 1 is 1.23 bits per heavy atom. The smallest absolute Gasteiger partial charge is 0.315 e. The highest BCUT2D eigenvalue weighted by atomic mass is 32.2. The van der Waals surface area contributed by atoms with E-state index in [2.05, 4.69) is 28.8 Å². The molecule has 1 aliphatic heterocycles. The molecule has 2 aliphatic rings. The van der Waals surface area contributed by atoms with Crippen LogP contribution in [0, 0.1) is 0 Å². The predicted molar refractivity (Wildman–Crippen MR) is 85.7 cm³/mol. The molecule has 0 bridgehead atoms. The van der Waals surface area contributed by atoms with Gasteiger partial charge in [-0.25, -0.2) is 13.2 Å². The van der Waals surface area contributed by atoms with Crippen LogP contribution in [0.2, 0.25) is 0 Å². The molecule has 2 unspecified atom stereocenters. The molecule has 1 aromatic carbocycles. The molecule has 0 radical (unpaired) electrons. The third-order valence-corrected chi connectivity index (χ3v) is 6.34. The average molecular weight is 322 g/mol. The first-order chi connectivity index (χ1) is 10.5. The quantitative estimate of drug-likeness (QED) is 0.887. The lowest BCUT2D eigenvalue weighted by molar-refractivity contribution is 0.237. The number of fused-ring (bicyclic) bond motifs is 1. The molecule has 2 atom stereocenters. The summed E-state index contributed by atoms with van der Waals surface area (Å²) in [5.41, 5.74) is 2.71. The molecule has 1 aromatic rings. The third-order valence-electron chi connectivity index (χ3n) is 4.57. The summed E-state index contributed by atoms with van der Waals surface area (Å²) in [4.78, 5) is 11.9. The van der Waals surface area contributed by atoms with Crippen LogP contribution >= 0.6 is 0 Å². The van der Waals surface area contributed by atoms with Gasteiger partial charge in [0.05, 0.1) is 11.5 Å². The third kappa shape index (κ3) is 3.61. The van der Waals surface area contributed by atoms with Crippen molar-refractivity contribution in [2.75, 3.05) is 18.1 Å². The Morgan fingerprint density at radius 2 is 2.05 bits per heavy atom. The van der Waals surface area contributed by atoms with Crippen LogP contribution in [0.5, 0.6) is 0 Å². The number of benzene rings is 1. The molecular weight excluding hydrogens is 300 g/mol. The van der Waals surface area contributed by atoms with Crippen molar-refractivity contribution in [2.45, 2.75) is 37.6 Å². The Morgan fingerprint density at radius 3 is 2.82 bits per heavy atom. The maximum absolute atomic E-state index is 11.9. The Labute approximate surface area is 131 Å². The molecule has 22 heavy (non-hydrogen) atoms. The van der Waals surface area contributed by atoms with E-state index in [4.69, 9.17) is 0 Å². The number of aryl methyl sites for hydroxylation is 1. The van der Waals surface area contributed by atoms with E-state index in [9.17, 15) is 13.2 Å². The lowest BCUT2D eigenvalue weighted by Crippen LogP contribution is -2.44. The molecule has 1 aliphatic carbocycles. The Bertz CT molecular complexity index is 657. The van der Waals surface area contributed by atoms with Crippen molar-refractivity contribution in [3.05, 3.63) is 35.4 Å². The van der Waals surface area contributed by atoms with Gasteiger partial charge in [-0.1, -0.05) is 24.3 Å². The van der Waals surface area contributed by atoms with Gasteiger partial charge in [0.15, 0.2) is 9.84 Å². The molecule has 0 aromatic heterocycles. The van der Waals surface area contributed by atoms with E-state index < -0.39 is 9.84 Å².